The largest absolute Gasteiger partial charge is 0.310 e. The van der Waals surface area contributed by atoms with Crippen molar-refractivity contribution in [2.75, 3.05) is 0 Å². The number of hydrogen-bond acceptors (Lipinski definition) is 2. The highest BCUT2D eigenvalue weighted by molar-refractivity contribution is 14.1. The van der Waals surface area contributed by atoms with Crippen LogP contribution in [0.4, 0.5) is 0 Å². The van der Waals surface area contributed by atoms with E-state index >= 15 is 0 Å². The molecule has 18 heavy (non-hydrogen) atoms. The lowest BCUT2D eigenvalue weighted by atomic mass is 10.2. The molecule has 0 aliphatic heterocycles. The molecule has 4 heteroatoms. The molecule has 0 unspecified atom stereocenters. The van der Waals surface area contributed by atoms with Gasteiger partial charge in [-0.05, 0) is 46.9 Å². The van der Waals surface area contributed by atoms with Gasteiger partial charge in [0.1, 0.15) is 0 Å². The van der Waals surface area contributed by atoms with Crippen molar-refractivity contribution in [1.82, 2.24) is 5.32 Å². The summed E-state index contributed by atoms with van der Waals surface area (Å²) in [7, 11) is 0. The van der Waals surface area contributed by atoms with E-state index in [1.807, 2.05) is 11.3 Å². The van der Waals surface area contributed by atoms with E-state index in [9.17, 15) is 0 Å². The minimum absolute atomic E-state index is 0.528. The summed E-state index contributed by atoms with van der Waals surface area (Å²) in [5.41, 5.74) is 1.27. The fourth-order valence-corrected chi connectivity index (χ4v) is 4.25. The first-order valence-electron chi connectivity index (χ1n) is 5.84. The molecule has 0 amide bonds. The van der Waals surface area contributed by atoms with Crippen molar-refractivity contribution in [2.45, 2.75) is 26.4 Å². The van der Waals surface area contributed by atoms with Crippen molar-refractivity contribution in [3.05, 3.63) is 43.3 Å². The standard InChI is InChI=1S/C14H15BrINS/c1-9(2)17-8-11-4-6-14(18-11)12-5-3-10(16)7-13(12)15/h3-7,9,17H,8H2,1-2H3. The van der Waals surface area contributed by atoms with Gasteiger partial charge in [-0.2, -0.15) is 0 Å². The minimum atomic E-state index is 0.528. The molecule has 2 aromatic rings. The summed E-state index contributed by atoms with van der Waals surface area (Å²) in [5, 5.41) is 3.45. The van der Waals surface area contributed by atoms with E-state index in [0.717, 1.165) is 6.54 Å². The lowest BCUT2D eigenvalue weighted by Gasteiger charge is -2.05. The van der Waals surface area contributed by atoms with Crippen LogP contribution in [0.15, 0.2) is 34.8 Å². The van der Waals surface area contributed by atoms with Gasteiger partial charge in [0.15, 0.2) is 0 Å². The molecule has 1 N–H and O–H groups in total. The van der Waals surface area contributed by atoms with E-state index in [1.165, 1.54) is 23.4 Å². The van der Waals surface area contributed by atoms with Gasteiger partial charge >= 0.3 is 0 Å². The van der Waals surface area contributed by atoms with Gasteiger partial charge in [-0.25, -0.2) is 0 Å². The number of thiophene rings is 1. The van der Waals surface area contributed by atoms with Gasteiger partial charge in [0.05, 0.1) is 0 Å². The van der Waals surface area contributed by atoms with Crippen molar-refractivity contribution >= 4 is 49.9 Å². The second-order valence-electron chi connectivity index (χ2n) is 4.43. The number of benzene rings is 1. The number of rotatable bonds is 4. The highest BCUT2D eigenvalue weighted by atomic mass is 127. The van der Waals surface area contributed by atoms with Gasteiger partial charge in [-0.3, -0.25) is 0 Å². The van der Waals surface area contributed by atoms with Crippen LogP contribution in [-0.4, -0.2) is 6.04 Å². The number of hydrogen-bond donors (Lipinski definition) is 1. The lowest BCUT2D eigenvalue weighted by Crippen LogP contribution is -2.21. The maximum atomic E-state index is 3.64. The van der Waals surface area contributed by atoms with Gasteiger partial charge in [-0.15, -0.1) is 11.3 Å². The fraction of sp³-hybridized carbons (Fsp3) is 0.286. The predicted molar refractivity (Wildman–Crippen MR) is 92.1 cm³/mol. The molecule has 0 fully saturated rings. The first-order valence-corrected chi connectivity index (χ1v) is 8.52. The molecule has 0 aliphatic rings. The van der Waals surface area contributed by atoms with Gasteiger partial charge in [0.25, 0.3) is 0 Å². The Bertz CT molecular complexity index is 536. The van der Waals surface area contributed by atoms with Crippen molar-refractivity contribution in [2.24, 2.45) is 0 Å². The molecule has 2 rings (SSSR count). The summed E-state index contributed by atoms with van der Waals surface area (Å²) in [5.74, 6) is 0. The maximum Gasteiger partial charge on any atom is 0.0357 e. The summed E-state index contributed by atoms with van der Waals surface area (Å²) in [6.07, 6.45) is 0. The van der Waals surface area contributed by atoms with Crippen LogP contribution in [0.2, 0.25) is 0 Å². The van der Waals surface area contributed by atoms with Crippen molar-refractivity contribution < 1.29 is 0 Å². The average Bonchev–Trinajstić information content (AvgIpc) is 2.75. The zero-order valence-corrected chi connectivity index (χ0v) is 14.9. The molecule has 1 aromatic carbocycles. The van der Waals surface area contributed by atoms with Crippen LogP contribution in [-0.2, 0) is 6.54 Å². The summed E-state index contributed by atoms with van der Waals surface area (Å²) < 4.78 is 2.42. The predicted octanol–water partition coefficient (Wildman–Crippen LogP) is 5.28. The van der Waals surface area contributed by atoms with Crippen molar-refractivity contribution in [3.63, 3.8) is 0 Å². The molecule has 0 aliphatic carbocycles. The molecule has 1 aromatic heterocycles. The average molecular weight is 436 g/mol. The molecular weight excluding hydrogens is 421 g/mol. The first kappa shape index (κ1) is 14.5. The zero-order chi connectivity index (χ0) is 13.1. The van der Waals surface area contributed by atoms with Crippen LogP contribution < -0.4 is 5.32 Å². The van der Waals surface area contributed by atoms with E-state index in [4.69, 9.17) is 0 Å². The third kappa shape index (κ3) is 3.79. The Balaban J connectivity index is 2.18. The van der Waals surface area contributed by atoms with Crippen LogP contribution >= 0.6 is 49.9 Å². The summed E-state index contributed by atoms with van der Waals surface area (Å²) in [6.45, 7) is 5.29. The zero-order valence-electron chi connectivity index (χ0n) is 10.3. The van der Waals surface area contributed by atoms with E-state index in [2.05, 4.69) is 88.0 Å². The normalized spacial score (nSPS) is 11.2. The maximum absolute atomic E-state index is 3.64. The Hall–Kier alpha value is 0.0900. The van der Waals surface area contributed by atoms with Crippen LogP contribution in [0.25, 0.3) is 10.4 Å². The molecule has 0 saturated carbocycles. The SMILES string of the molecule is CC(C)NCc1ccc(-c2ccc(I)cc2Br)s1. The summed E-state index contributed by atoms with van der Waals surface area (Å²) in [4.78, 5) is 2.70. The van der Waals surface area contributed by atoms with Crippen LogP contribution in [0.1, 0.15) is 18.7 Å². The molecule has 0 saturated heterocycles. The van der Waals surface area contributed by atoms with Gasteiger partial charge < -0.3 is 5.32 Å². The van der Waals surface area contributed by atoms with E-state index in [0.29, 0.717) is 6.04 Å². The van der Waals surface area contributed by atoms with Crippen molar-refractivity contribution in [1.29, 1.82) is 0 Å². The Kier molecular flexibility index (Phi) is 5.24. The Morgan fingerprint density at radius 2 is 2.06 bits per heavy atom. The smallest absolute Gasteiger partial charge is 0.0357 e. The summed E-state index contributed by atoms with van der Waals surface area (Å²) in [6, 6.07) is 11.4. The fourth-order valence-electron chi connectivity index (χ4n) is 1.61. The second kappa shape index (κ2) is 6.50. The van der Waals surface area contributed by atoms with Crippen LogP contribution in [0.5, 0.6) is 0 Å². The molecule has 0 atom stereocenters. The lowest BCUT2D eigenvalue weighted by molar-refractivity contribution is 0.593. The first-order chi connectivity index (χ1) is 8.56. The van der Waals surface area contributed by atoms with Gasteiger partial charge in [0.2, 0.25) is 0 Å². The Labute approximate surface area is 134 Å². The van der Waals surface area contributed by atoms with Gasteiger partial charge in [-0.1, -0.05) is 35.8 Å². The van der Waals surface area contributed by atoms with Gasteiger partial charge in [0, 0.05) is 35.9 Å². The van der Waals surface area contributed by atoms with Crippen molar-refractivity contribution in [3.8, 4) is 10.4 Å². The number of nitrogens with one attached hydrogen (secondary N) is 1. The molecule has 96 valence electrons. The van der Waals surface area contributed by atoms with E-state index < -0.39 is 0 Å². The molecular formula is C14H15BrINS. The molecule has 0 bridgehead atoms. The molecule has 0 radical (unpaired) electrons. The highest BCUT2D eigenvalue weighted by Crippen LogP contribution is 2.34. The Morgan fingerprint density at radius 1 is 1.28 bits per heavy atom. The highest BCUT2D eigenvalue weighted by Gasteiger charge is 2.07. The molecule has 1 nitrogen and oxygen atoms in total. The third-order valence-corrected chi connectivity index (χ3v) is 4.99. The van der Waals surface area contributed by atoms with Crippen LogP contribution in [0.3, 0.4) is 0 Å². The second-order valence-corrected chi connectivity index (χ2v) is 7.69. The van der Waals surface area contributed by atoms with E-state index in [1.54, 1.807) is 0 Å². The summed E-state index contributed by atoms with van der Waals surface area (Å²) >= 11 is 7.83. The minimum Gasteiger partial charge on any atom is -0.310 e. The Morgan fingerprint density at radius 3 is 2.72 bits per heavy atom. The molecule has 1 heterocycles. The van der Waals surface area contributed by atoms with E-state index in [-0.39, 0.29) is 0 Å². The third-order valence-electron chi connectivity index (χ3n) is 2.54. The topological polar surface area (TPSA) is 12.0 Å². The van der Waals surface area contributed by atoms with Crippen LogP contribution in [0, 0.1) is 3.57 Å². The quantitative estimate of drug-likeness (QED) is 0.644. The number of halogens is 2. The molecule has 0 spiro atoms. The monoisotopic (exact) mass is 435 g/mol.